The van der Waals surface area contributed by atoms with Crippen molar-refractivity contribution in [3.8, 4) is 5.88 Å². The van der Waals surface area contributed by atoms with Gasteiger partial charge < -0.3 is 14.4 Å². The van der Waals surface area contributed by atoms with E-state index in [0.717, 1.165) is 39.0 Å². The molecule has 2 saturated heterocycles. The lowest BCUT2D eigenvalue weighted by molar-refractivity contribution is 0.0423. The van der Waals surface area contributed by atoms with Crippen molar-refractivity contribution >= 4 is 5.91 Å². The van der Waals surface area contributed by atoms with E-state index in [-0.39, 0.29) is 17.4 Å². The Morgan fingerprint density at radius 1 is 1.19 bits per heavy atom. The highest BCUT2D eigenvalue weighted by atomic mass is 16.5. The second-order valence-corrected chi connectivity index (χ2v) is 7.14. The Morgan fingerprint density at radius 3 is 2.73 bits per heavy atom. The van der Waals surface area contributed by atoms with E-state index in [1.54, 1.807) is 30.7 Å². The first-order chi connectivity index (χ1) is 12.7. The van der Waals surface area contributed by atoms with Gasteiger partial charge in [0, 0.05) is 43.3 Å². The van der Waals surface area contributed by atoms with Gasteiger partial charge in [-0.1, -0.05) is 6.07 Å². The molecule has 6 heteroatoms. The van der Waals surface area contributed by atoms with Crippen molar-refractivity contribution in [2.75, 3.05) is 26.3 Å². The number of likely N-dealkylation sites (tertiary alicyclic amines) is 1. The Balaban J connectivity index is 1.28. The van der Waals surface area contributed by atoms with Crippen molar-refractivity contribution in [1.29, 1.82) is 0 Å². The van der Waals surface area contributed by atoms with Crippen LogP contribution in [0.25, 0.3) is 0 Å². The maximum atomic E-state index is 12.6. The summed E-state index contributed by atoms with van der Waals surface area (Å²) in [6.45, 7) is 2.83. The van der Waals surface area contributed by atoms with E-state index >= 15 is 0 Å². The van der Waals surface area contributed by atoms with Crippen LogP contribution in [0.1, 0.15) is 29.6 Å². The number of ether oxygens (including phenoxy) is 2. The third-order valence-corrected chi connectivity index (χ3v) is 5.38. The number of hydrogen-bond donors (Lipinski definition) is 0. The van der Waals surface area contributed by atoms with Gasteiger partial charge in [-0.25, -0.2) is 4.98 Å². The maximum Gasteiger partial charge on any atom is 0.253 e. The third-order valence-electron chi connectivity index (χ3n) is 5.38. The van der Waals surface area contributed by atoms with Gasteiger partial charge in [-0.3, -0.25) is 9.78 Å². The molecule has 1 atom stereocenters. The summed E-state index contributed by atoms with van der Waals surface area (Å²) < 4.78 is 11.7. The van der Waals surface area contributed by atoms with E-state index in [2.05, 4.69) is 9.97 Å². The number of carbonyl (C=O) groups is 1. The zero-order valence-corrected chi connectivity index (χ0v) is 14.7. The fourth-order valence-corrected chi connectivity index (χ4v) is 3.82. The minimum absolute atomic E-state index is 0.0937. The van der Waals surface area contributed by atoms with E-state index in [1.165, 1.54) is 0 Å². The van der Waals surface area contributed by atoms with Crippen LogP contribution in [0.3, 0.4) is 0 Å². The predicted octanol–water partition coefficient (Wildman–Crippen LogP) is 2.57. The van der Waals surface area contributed by atoms with E-state index in [0.29, 0.717) is 18.1 Å². The summed E-state index contributed by atoms with van der Waals surface area (Å²) in [5, 5.41) is 0. The van der Waals surface area contributed by atoms with Gasteiger partial charge >= 0.3 is 0 Å². The van der Waals surface area contributed by atoms with Crippen LogP contribution in [0.4, 0.5) is 0 Å². The van der Waals surface area contributed by atoms with E-state index in [1.807, 2.05) is 23.1 Å². The second kappa shape index (κ2) is 7.41. The van der Waals surface area contributed by atoms with Gasteiger partial charge in [0.05, 0.1) is 12.7 Å². The number of hydrogen-bond acceptors (Lipinski definition) is 5. The lowest BCUT2D eigenvalue weighted by atomic mass is 9.76. The minimum atomic E-state index is 0.0937. The smallest absolute Gasteiger partial charge is 0.253 e. The summed E-state index contributed by atoms with van der Waals surface area (Å²) in [7, 11) is 0. The molecule has 4 rings (SSSR count). The summed E-state index contributed by atoms with van der Waals surface area (Å²) in [5.74, 6) is 0.728. The lowest BCUT2D eigenvalue weighted by Gasteiger charge is -2.38. The molecule has 136 valence electrons. The standard InChI is InChI=1S/C20H23N3O3/c24-19(16-4-9-21-10-5-16)23-11-6-20(7-12-23)13-17(26-15-20)14-25-18-3-1-2-8-22-18/h1-5,8-10,17H,6-7,11-15H2. The van der Waals surface area contributed by atoms with Crippen LogP contribution < -0.4 is 4.74 Å². The number of piperidine rings is 1. The average molecular weight is 353 g/mol. The monoisotopic (exact) mass is 353 g/mol. The number of aromatic nitrogens is 2. The van der Waals surface area contributed by atoms with Gasteiger partial charge in [-0.05, 0) is 42.9 Å². The van der Waals surface area contributed by atoms with E-state index < -0.39 is 0 Å². The van der Waals surface area contributed by atoms with Gasteiger partial charge in [-0.2, -0.15) is 0 Å². The predicted molar refractivity (Wildman–Crippen MR) is 95.9 cm³/mol. The highest BCUT2D eigenvalue weighted by Gasteiger charge is 2.43. The highest BCUT2D eigenvalue weighted by molar-refractivity contribution is 5.94. The molecule has 1 spiro atoms. The maximum absolute atomic E-state index is 12.6. The first-order valence-corrected chi connectivity index (χ1v) is 9.09. The molecule has 1 unspecified atom stereocenters. The Morgan fingerprint density at radius 2 is 2.00 bits per heavy atom. The number of nitrogens with zero attached hydrogens (tertiary/aromatic N) is 3. The molecule has 0 radical (unpaired) electrons. The van der Waals surface area contributed by atoms with Crippen LogP contribution in [0.5, 0.6) is 5.88 Å². The average Bonchev–Trinajstić information content (AvgIpc) is 3.10. The van der Waals surface area contributed by atoms with Crippen molar-refractivity contribution < 1.29 is 14.3 Å². The summed E-state index contributed by atoms with van der Waals surface area (Å²) in [6, 6.07) is 9.19. The number of amides is 1. The molecule has 26 heavy (non-hydrogen) atoms. The van der Waals surface area contributed by atoms with Crippen molar-refractivity contribution in [3.05, 3.63) is 54.5 Å². The van der Waals surface area contributed by atoms with Crippen molar-refractivity contribution in [1.82, 2.24) is 14.9 Å². The molecule has 2 aromatic rings. The molecule has 0 aliphatic carbocycles. The van der Waals surface area contributed by atoms with Crippen LogP contribution in [0.2, 0.25) is 0 Å². The molecule has 2 aliphatic heterocycles. The van der Waals surface area contributed by atoms with Gasteiger partial charge in [-0.15, -0.1) is 0 Å². The third kappa shape index (κ3) is 3.70. The molecule has 0 N–H and O–H groups in total. The number of pyridine rings is 2. The van der Waals surface area contributed by atoms with Gasteiger partial charge in [0.15, 0.2) is 0 Å². The van der Waals surface area contributed by atoms with Crippen LogP contribution in [0.15, 0.2) is 48.9 Å². The van der Waals surface area contributed by atoms with E-state index in [4.69, 9.17) is 9.47 Å². The van der Waals surface area contributed by atoms with Crippen molar-refractivity contribution in [3.63, 3.8) is 0 Å². The first kappa shape index (κ1) is 17.0. The SMILES string of the molecule is O=C(c1ccncc1)N1CCC2(CC1)COC(COc1ccccn1)C2. The minimum Gasteiger partial charge on any atom is -0.475 e. The molecule has 0 saturated carbocycles. The summed E-state index contributed by atoms with van der Waals surface area (Å²) >= 11 is 0. The molecule has 2 aliphatic rings. The highest BCUT2D eigenvalue weighted by Crippen LogP contribution is 2.42. The largest absolute Gasteiger partial charge is 0.475 e. The van der Waals surface area contributed by atoms with Crippen molar-refractivity contribution in [2.45, 2.75) is 25.4 Å². The van der Waals surface area contributed by atoms with Crippen LogP contribution >= 0.6 is 0 Å². The van der Waals surface area contributed by atoms with Gasteiger partial charge in [0.2, 0.25) is 5.88 Å². The molecule has 0 bridgehead atoms. The molecule has 0 aromatic carbocycles. The zero-order chi connectivity index (χ0) is 17.8. The quantitative estimate of drug-likeness (QED) is 0.845. The normalized spacial score (nSPS) is 21.7. The molecular formula is C20H23N3O3. The topological polar surface area (TPSA) is 64.6 Å². The molecule has 4 heterocycles. The summed E-state index contributed by atoms with van der Waals surface area (Å²) in [6.07, 6.45) is 8.08. The Kier molecular flexibility index (Phi) is 4.84. The number of carbonyl (C=O) groups excluding carboxylic acids is 1. The molecule has 2 aromatic heterocycles. The second-order valence-electron chi connectivity index (χ2n) is 7.14. The molecule has 2 fully saturated rings. The fraction of sp³-hybridized carbons (Fsp3) is 0.450. The lowest BCUT2D eigenvalue weighted by Crippen LogP contribution is -2.43. The van der Waals surface area contributed by atoms with Crippen LogP contribution in [-0.2, 0) is 4.74 Å². The van der Waals surface area contributed by atoms with Crippen LogP contribution in [-0.4, -0.2) is 53.2 Å². The Bertz CT molecular complexity index is 730. The number of rotatable bonds is 4. The molecular weight excluding hydrogens is 330 g/mol. The zero-order valence-electron chi connectivity index (χ0n) is 14.7. The van der Waals surface area contributed by atoms with Crippen molar-refractivity contribution in [2.24, 2.45) is 5.41 Å². The Hall–Kier alpha value is -2.47. The molecule has 6 nitrogen and oxygen atoms in total. The van der Waals surface area contributed by atoms with E-state index in [9.17, 15) is 4.79 Å². The van der Waals surface area contributed by atoms with Gasteiger partial charge in [0.1, 0.15) is 6.61 Å². The van der Waals surface area contributed by atoms with Gasteiger partial charge in [0.25, 0.3) is 5.91 Å². The fourth-order valence-electron chi connectivity index (χ4n) is 3.82. The molecule has 1 amide bonds. The van der Waals surface area contributed by atoms with Crippen LogP contribution in [0, 0.1) is 5.41 Å². The Labute approximate surface area is 153 Å². The first-order valence-electron chi connectivity index (χ1n) is 9.09. The summed E-state index contributed by atoms with van der Waals surface area (Å²) in [4.78, 5) is 22.7. The summed E-state index contributed by atoms with van der Waals surface area (Å²) in [5.41, 5.74) is 0.882.